The summed E-state index contributed by atoms with van der Waals surface area (Å²) in [4.78, 5) is 13.9. The first-order valence-corrected chi connectivity index (χ1v) is 8.77. The lowest BCUT2D eigenvalue weighted by molar-refractivity contribution is 0.108. The van der Waals surface area contributed by atoms with Gasteiger partial charge in [-0.3, -0.25) is 9.78 Å². The Morgan fingerprint density at radius 2 is 1.96 bits per heavy atom. The van der Waals surface area contributed by atoms with E-state index in [-0.39, 0.29) is 17.4 Å². The zero-order valence-electron chi connectivity index (χ0n) is 13.1. The SMILES string of the molecule is O=c1[nH]c(O)c(Cc2ccc(OCC(O)c3cccc(Cl)c3)cc2)s1. The molecule has 3 N–H and O–H groups in total. The van der Waals surface area contributed by atoms with Gasteiger partial charge in [0.2, 0.25) is 5.88 Å². The molecule has 0 aliphatic heterocycles. The maximum Gasteiger partial charge on any atom is 0.307 e. The second-order valence-corrected chi connectivity index (χ2v) is 6.99. The number of ether oxygens (including phenoxy) is 1. The highest BCUT2D eigenvalue weighted by molar-refractivity contribution is 7.09. The van der Waals surface area contributed by atoms with Crippen LogP contribution < -0.4 is 9.61 Å². The summed E-state index contributed by atoms with van der Waals surface area (Å²) in [6.45, 7) is 0.111. The Bertz CT molecular complexity index is 904. The first-order valence-electron chi connectivity index (χ1n) is 7.57. The van der Waals surface area contributed by atoms with Crippen molar-refractivity contribution in [3.05, 3.63) is 79.2 Å². The third kappa shape index (κ3) is 4.63. The summed E-state index contributed by atoms with van der Waals surface area (Å²) in [5, 5.41) is 20.3. The smallest absolute Gasteiger partial charge is 0.307 e. The van der Waals surface area contributed by atoms with E-state index in [1.807, 2.05) is 12.1 Å². The molecule has 0 amide bonds. The summed E-state index contributed by atoms with van der Waals surface area (Å²) < 4.78 is 5.60. The molecule has 0 radical (unpaired) electrons. The van der Waals surface area contributed by atoms with Crippen LogP contribution in [0.15, 0.2) is 53.3 Å². The molecule has 0 fully saturated rings. The van der Waals surface area contributed by atoms with Gasteiger partial charge in [0.1, 0.15) is 18.5 Å². The van der Waals surface area contributed by atoms with Crippen LogP contribution in [0.5, 0.6) is 11.6 Å². The molecule has 7 heteroatoms. The molecular weight excluding hydrogens is 362 g/mol. The van der Waals surface area contributed by atoms with Crippen molar-refractivity contribution in [1.29, 1.82) is 0 Å². The van der Waals surface area contributed by atoms with E-state index in [0.717, 1.165) is 16.9 Å². The molecule has 0 saturated carbocycles. The number of benzene rings is 2. The summed E-state index contributed by atoms with van der Waals surface area (Å²) in [6.07, 6.45) is -0.312. The van der Waals surface area contributed by atoms with Gasteiger partial charge in [-0.25, -0.2) is 0 Å². The first-order chi connectivity index (χ1) is 12.0. The molecule has 130 valence electrons. The van der Waals surface area contributed by atoms with Crippen LogP contribution in [0.3, 0.4) is 0 Å². The number of thiazole rings is 1. The Morgan fingerprint density at radius 1 is 1.20 bits per heavy atom. The van der Waals surface area contributed by atoms with Gasteiger partial charge >= 0.3 is 4.87 Å². The Balaban J connectivity index is 1.59. The molecular formula is C18H16ClNO4S. The minimum Gasteiger partial charge on any atom is -0.494 e. The Kier molecular flexibility index (Phi) is 5.43. The third-order valence-corrected chi connectivity index (χ3v) is 4.74. The second kappa shape index (κ2) is 7.74. The average molecular weight is 378 g/mol. The fourth-order valence-corrected chi connectivity index (χ4v) is 3.30. The number of H-pyrrole nitrogens is 1. The number of rotatable bonds is 6. The van der Waals surface area contributed by atoms with E-state index in [4.69, 9.17) is 16.3 Å². The van der Waals surface area contributed by atoms with Crippen molar-refractivity contribution in [2.24, 2.45) is 0 Å². The Morgan fingerprint density at radius 3 is 2.60 bits per heavy atom. The van der Waals surface area contributed by atoms with E-state index in [0.29, 0.717) is 27.6 Å². The van der Waals surface area contributed by atoms with E-state index in [1.165, 1.54) is 0 Å². The van der Waals surface area contributed by atoms with Gasteiger partial charge in [-0.1, -0.05) is 47.2 Å². The number of aliphatic hydroxyl groups excluding tert-OH is 1. The number of aromatic hydroxyl groups is 1. The normalized spacial score (nSPS) is 12.1. The van der Waals surface area contributed by atoms with E-state index in [9.17, 15) is 15.0 Å². The lowest BCUT2D eigenvalue weighted by Gasteiger charge is -2.13. The molecule has 25 heavy (non-hydrogen) atoms. The van der Waals surface area contributed by atoms with Gasteiger partial charge in [-0.05, 0) is 35.4 Å². The molecule has 3 rings (SSSR count). The largest absolute Gasteiger partial charge is 0.494 e. The fourth-order valence-electron chi connectivity index (χ4n) is 2.35. The molecule has 5 nitrogen and oxygen atoms in total. The molecule has 0 saturated heterocycles. The number of hydrogen-bond donors (Lipinski definition) is 3. The van der Waals surface area contributed by atoms with Gasteiger partial charge in [0, 0.05) is 11.4 Å². The van der Waals surface area contributed by atoms with Crippen LogP contribution in [0, 0.1) is 0 Å². The summed E-state index contributed by atoms with van der Waals surface area (Å²) in [5.74, 6) is 0.538. The van der Waals surface area contributed by atoms with Crippen molar-refractivity contribution in [1.82, 2.24) is 4.98 Å². The van der Waals surface area contributed by atoms with Crippen molar-refractivity contribution in [2.45, 2.75) is 12.5 Å². The molecule has 0 bridgehead atoms. The van der Waals surface area contributed by atoms with Crippen molar-refractivity contribution in [3.8, 4) is 11.6 Å². The van der Waals surface area contributed by atoms with Gasteiger partial charge < -0.3 is 14.9 Å². The summed E-state index contributed by atoms with van der Waals surface area (Å²) in [6, 6.07) is 14.3. The summed E-state index contributed by atoms with van der Waals surface area (Å²) in [5.41, 5.74) is 1.63. The first kappa shape index (κ1) is 17.5. The highest BCUT2D eigenvalue weighted by atomic mass is 35.5. The standard InChI is InChI=1S/C18H16ClNO4S/c19-13-3-1-2-12(9-13)15(21)10-24-14-6-4-11(5-7-14)8-16-17(22)20-18(23)25-16/h1-7,9,15,21-22H,8,10H2,(H,20,23). The Hall–Kier alpha value is -2.28. The molecule has 1 unspecified atom stereocenters. The maximum atomic E-state index is 11.2. The number of hydrogen-bond acceptors (Lipinski definition) is 5. The zero-order valence-corrected chi connectivity index (χ0v) is 14.7. The van der Waals surface area contributed by atoms with Gasteiger partial charge in [0.25, 0.3) is 0 Å². The van der Waals surface area contributed by atoms with Crippen LogP contribution in [-0.4, -0.2) is 21.8 Å². The van der Waals surface area contributed by atoms with Gasteiger partial charge in [-0.15, -0.1) is 0 Å². The quantitative estimate of drug-likeness (QED) is 0.614. The molecule has 0 aliphatic carbocycles. The fraction of sp³-hybridized carbons (Fsp3) is 0.167. The van der Waals surface area contributed by atoms with Crippen molar-refractivity contribution >= 4 is 22.9 Å². The topological polar surface area (TPSA) is 82.6 Å². The van der Waals surface area contributed by atoms with Gasteiger partial charge in [0.15, 0.2) is 0 Å². The predicted octanol–water partition coefficient (Wildman–Crippen LogP) is 3.50. The van der Waals surface area contributed by atoms with Crippen molar-refractivity contribution < 1.29 is 14.9 Å². The number of halogens is 1. The van der Waals surface area contributed by atoms with Crippen LogP contribution in [0.2, 0.25) is 5.02 Å². The molecule has 2 aromatic carbocycles. The van der Waals surface area contributed by atoms with E-state index in [2.05, 4.69) is 4.98 Å². The number of aromatic nitrogens is 1. The molecule has 0 aliphatic rings. The number of aliphatic hydroxyl groups is 1. The monoisotopic (exact) mass is 377 g/mol. The third-order valence-electron chi connectivity index (χ3n) is 3.63. The molecule has 0 spiro atoms. The number of aromatic amines is 1. The minimum absolute atomic E-state index is 0.0834. The van der Waals surface area contributed by atoms with Crippen LogP contribution in [-0.2, 0) is 6.42 Å². The zero-order chi connectivity index (χ0) is 17.8. The van der Waals surface area contributed by atoms with Crippen molar-refractivity contribution in [2.75, 3.05) is 6.61 Å². The highest BCUT2D eigenvalue weighted by Gasteiger charge is 2.10. The second-order valence-electron chi connectivity index (χ2n) is 5.49. The van der Waals surface area contributed by atoms with E-state index >= 15 is 0 Å². The lowest BCUT2D eigenvalue weighted by Crippen LogP contribution is -2.09. The summed E-state index contributed by atoms with van der Waals surface area (Å²) in [7, 11) is 0. The van der Waals surface area contributed by atoms with Crippen LogP contribution in [0.1, 0.15) is 22.1 Å². The molecule has 3 aromatic rings. The minimum atomic E-state index is -0.771. The molecule has 1 aromatic heterocycles. The lowest BCUT2D eigenvalue weighted by atomic mass is 10.1. The predicted molar refractivity (Wildman–Crippen MR) is 97.8 cm³/mol. The molecule has 1 heterocycles. The van der Waals surface area contributed by atoms with Gasteiger partial charge in [-0.2, -0.15) is 0 Å². The Labute approximate surface area is 153 Å². The van der Waals surface area contributed by atoms with Crippen LogP contribution in [0.25, 0.3) is 0 Å². The highest BCUT2D eigenvalue weighted by Crippen LogP contribution is 2.23. The number of nitrogens with one attached hydrogen (secondary N) is 1. The van der Waals surface area contributed by atoms with E-state index < -0.39 is 6.10 Å². The van der Waals surface area contributed by atoms with Gasteiger partial charge in [0.05, 0.1) is 4.88 Å². The average Bonchev–Trinajstić information content (AvgIpc) is 2.91. The van der Waals surface area contributed by atoms with Crippen LogP contribution in [0.4, 0.5) is 0 Å². The van der Waals surface area contributed by atoms with Crippen LogP contribution >= 0.6 is 22.9 Å². The summed E-state index contributed by atoms with van der Waals surface area (Å²) >= 11 is 6.90. The van der Waals surface area contributed by atoms with E-state index in [1.54, 1.807) is 36.4 Å². The molecule has 1 atom stereocenters. The maximum absolute atomic E-state index is 11.2. The van der Waals surface area contributed by atoms with Crippen molar-refractivity contribution in [3.63, 3.8) is 0 Å².